The summed E-state index contributed by atoms with van der Waals surface area (Å²) in [6.07, 6.45) is 3.76. The first-order valence-electron chi connectivity index (χ1n) is 6.96. The van der Waals surface area contributed by atoms with Crippen LogP contribution in [0.2, 0.25) is 0 Å². The normalized spacial score (nSPS) is 18.0. The highest BCUT2D eigenvalue weighted by Crippen LogP contribution is 2.39. The summed E-state index contributed by atoms with van der Waals surface area (Å²) < 4.78 is 0. The fraction of sp³-hybridized carbons (Fsp3) is 0.471. The quantitative estimate of drug-likeness (QED) is 0.806. The van der Waals surface area contributed by atoms with Crippen molar-refractivity contribution in [2.75, 3.05) is 11.9 Å². The largest absolute Gasteiger partial charge is 0.381 e. The molecule has 2 rings (SSSR count). The smallest absolute Gasteiger partial charge is 0.0992 e. The van der Waals surface area contributed by atoms with Crippen LogP contribution in [0.1, 0.15) is 45.6 Å². The zero-order valence-electron chi connectivity index (χ0n) is 12.1. The number of nitrogens with zero attached hydrogens (tertiary/aromatic N) is 1. The number of hydrogen-bond acceptors (Lipinski definition) is 2. The van der Waals surface area contributed by atoms with Gasteiger partial charge in [0.15, 0.2) is 0 Å². The van der Waals surface area contributed by atoms with Crippen molar-refractivity contribution in [2.24, 2.45) is 5.41 Å². The average molecular weight is 254 g/mol. The Morgan fingerprint density at radius 2 is 2.16 bits per heavy atom. The first-order chi connectivity index (χ1) is 9.03. The summed E-state index contributed by atoms with van der Waals surface area (Å²) in [7, 11) is 0. The van der Waals surface area contributed by atoms with Crippen LogP contribution in [0.15, 0.2) is 35.4 Å². The number of rotatable bonds is 3. The molecule has 2 nitrogen and oxygen atoms in total. The van der Waals surface area contributed by atoms with Gasteiger partial charge in [-0.15, -0.1) is 0 Å². The Labute approximate surface area is 116 Å². The van der Waals surface area contributed by atoms with Gasteiger partial charge in [0.1, 0.15) is 0 Å². The minimum absolute atomic E-state index is 0.337. The average Bonchev–Trinajstić information content (AvgIpc) is 2.41. The van der Waals surface area contributed by atoms with Crippen molar-refractivity contribution in [3.63, 3.8) is 0 Å². The molecule has 0 fully saturated rings. The van der Waals surface area contributed by atoms with Gasteiger partial charge >= 0.3 is 0 Å². The molecule has 0 atom stereocenters. The molecular formula is C17H22N2. The topological polar surface area (TPSA) is 35.8 Å². The second-order valence-electron chi connectivity index (χ2n) is 6.01. The summed E-state index contributed by atoms with van der Waals surface area (Å²) in [5.41, 5.74) is 5.13. The molecule has 2 heteroatoms. The standard InChI is InChI=1S/C17H22N2/c1-13-15(7-5-9-17(13,2)3)12-19-16-8-4-6-14(10-16)11-18/h4,6,8,10,19H,5,7,9,12H2,1-3H3. The Morgan fingerprint density at radius 1 is 1.37 bits per heavy atom. The van der Waals surface area contributed by atoms with E-state index in [9.17, 15) is 0 Å². The van der Waals surface area contributed by atoms with E-state index in [4.69, 9.17) is 5.26 Å². The lowest BCUT2D eigenvalue weighted by atomic mass is 9.73. The molecule has 0 bridgehead atoms. The molecule has 0 amide bonds. The number of anilines is 1. The van der Waals surface area contributed by atoms with E-state index in [0.29, 0.717) is 11.0 Å². The Balaban J connectivity index is 2.08. The van der Waals surface area contributed by atoms with E-state index in [0.717, 1.165) is 12.2 Å². The molecule has 0 spiro atoms. The Bertz CT molecular complexity index is 532. The van der Waals surface area contributed by atoms with Crippen LogP contribution in [0.4, 0.5) is 5.69 Å². The van der Waals surface area contributed by atoms with Gasteiger partial charge in [0.05, 0.1) is 11.6 Å². The molecule has 0 heterocycles. The van der Waals surface area contributed by atoms with Crippen LogP contribution in [0.5, 0.6) is 0 Å². The van der Waals surface area contributed by atoms with Crippen LogP contribution < -0.4 is 5.32 Å². The lowest BCUT2D eigenvalue weighted by Gasteiger charge is -2.33. The highest BCUT2D eigenvalue weighted by Gasteiger charge is 2.26. The molecule has 0 saturated heterocycles. The molecule has 1 aromatic rings. The summed E-state index contributed by atoms with van der Waals surface area (Å²) in [5.74, 6) is 0. The van der Waals surface area contributed by atoms with Crippen molar-refractivity contribution < 1.29 is 0 Å². The summed E-state index contributed by atoms with van der Waals surface area (Å²) in [6, 6.07) is 9.86. The van der Waals surface area contributed by atoms with Crippen LogP contribution in [0.25, 0.3) is 0 Å². The van der Waals surface area contributed by atoms with Gasteiger partial charge in [-0.1, -0.05) is 31.1 Å². The predicted molar refractivity (Wildman–Crippen MR) is 80.0 cm³/mol. The Kier molecular flexibility index (Phi) is 3.95. The molecule has 1 aliphatic carbocycles. The zero-order valence-corrected chi connectivity index (χ0v) is 12.1. The van der Waals surface area contributed by atoms with Gasteiger partial charge in [-0.2, -0.15) is 5.26 Å². The number of allylic oxidation sites excluding steroid dienone is 1. The van der Waals surface area contributed by atoms with Gasteiger partial charge in [0.25, 0.3) is 0 Å². The molecular weight excluding hydrogens is 232 g/mol. The molecule has 0 aliphatic heterocycles. The van der Waals surface area contributed by atoms with Crippen molar-refractivity contribution in [1.29, 1.82) is 5.26 Å². The van der Waals surface area contributed by atoms with E-state index in [1.807, 2.05) is 24.3 Å². The fourth-order valence-corrected chi connectivity index (χ4v) is 2.73. The van der Waals surface area contributed by atoms with Crippen molar-refractivity contribution in [3.05, 3.63) is 41.0 Å². The van der Waals surface area contributed by atoms with Gasteiger partial charge < -0.3 is 5.32 Å². The predicted octanol–water partition coefficient (Wildman–Crippen LogP) is 4.50. The second-order valence-corrected chi connectivity index (χ2v) is 6.01. The first-order valence-corrected chi connectivity index (χ1v) is 6.96. The van der Waals surface area contributed by atoms with Gasteiger partial charge in [-0.3, -0.25) is 0 Å². The maximum absolute atomic E-state index is 8.90. The number of nitrogens with one attached hydrogen (secondary N) is 1. The number of hydrogen-bond donors (Lipinski definition) is 1. The number of benzene rings is 1. The molecule has 100 valence electrons. The summed E-state index contributed by atoms with van der Waals surface area (Å²) in [4.78, 5) is 0. The van der Waals surface area contributed by atoms with Crippen LogP contribution in [-0.2, 0) is 0 Å². The summed E-state index contributed by atoms with van der Waals surface area (Å²) in [5, 5.41) is 12.4. The lowest BCUT2D eigenvalue weighted by molar-refractivity contribution is 0.366. The summed E-state index contributed by atoms with van der Waals surface area (Å²) >= 11 is 0. The minimum atomic E-state index is 0.337. The third kappa shape index (κ3) is 3.17. The Hall–Kier alpha value is -1.75. The SMILES string of the molecule is CC1=C(CNc2cccc(C#N)c2)CCCC1(C)C. The zero-order chi connectivity index (χ0) is 13.9. The van der Waals surface area contributed by atoms with E-state index < -0.39 is 0 Å². The van der Waals surface area contributed by atoms with Crippen LogP contribution >= 0.6 is 0 Å². The van der Waals surface area contributed by atoms with Crippen molar-refractivity contribution in [2.45, 2.75) is 40.0 Å². The van der Waals surface area contributed by atoms with Crippen LogP contribution in [-0.4, -0.2) is 6.54 Å². The fourth-order valence-electron chi connectivity index (χ4n) is 2.73. The van der Waals surface area contributed by atoms with Gasteiger partial charge in [0, 0.05) is 12.2 Å². The third-order valence-electron chi connectivity index (χ3n) is 4.32. The van der Waals surface area contributed by atoms with E-state index in [1.165, 1.54) is 30.4 Å². The molecule has 0 saturated carbocycles. The molecule has 1 N–H and O–H groups in total. The molecule has 0 radical (unpaired) electrons. The van der Waals surface area contributed by atoms with Gasteiger partial charge in [0.2, 0.25) is 0 Å². The van der Waals surface area contributed by atoms with E-state index in [2.05, 4.69) is 32.2 Å². The lowest BCUT2D eigenvalue weighted by Crippen LogP contribution is -2.22. The van der Waals surface area contributed by atoms with Crippen LogP contribution in [0.3, 0.4) is 0 Å². The minimum Gasteiger partial charge on any atom is -0.381 e. The van der Waals surface area contributed by atoms with Crippen LogP contribution in [0, 0.1) is 16.7 Å². The number of nitriles is 1. The van der Waals surface area contributed by atoms with E-state index in [1.54, 1.807) is 0 Å². The molecule has 1 aliphatic rings. The monoisotopic (exact) mass is 254 g/mol. The van der Waals surface area contributed by atoms with E-state index in [-0.39, 0.29) is 0 Å². The van der Waals surface area contributed by atoms with Crippen molar-refractivity contribution in [1.82, 2.24) is 0 Å². The highest BCUT2D eigenvalue weighted by atomic mass is 14.9. The first kappa shape index (κ1) is 13.7. The maximum atomic E-state index is 8.90. The van der Waals surface area contributed by atoms with Crippen molar-refractivity contribution in [3.8, 4) is 6.07 Å². The van der Waals surface area contributed by atoms with Gasteiger partial charge in [-0.05, 0) is 49.8 Å². The highest BCUT2D eigenvalue weighted by molar-refractivity contribution is 5.50. The third-order valence-corrected chi connectivity index (χ3v) is 4.32. The Morgan fingerprint density at radius 3 is 2.89 bits per heavy atom. The molecule has 0 unspecified atom stereocenters. The second kappa shape index (κ2) is 5.48. The maximum Gasteiger partial charge on any atom is 0.0992 e. The summed E-state index contributed by atoms with van der Waals surface area (Å²) in [6.45, 7) is 7.82. The van der Waals surface area contributed by atoms with E-state index >= 15 is 0 Å². The van der Waals surface area contributed by atoms with Crippen molar-refractivity contribution >= 4 is 5.69 Å². The molecule has 19 heavy (non-hydrogen) atoms. The van der Waals surface area contributed by atoms with Gasteiger partial charge in [-0.25, -0.2) is 0 Å². The molecule has 1 aromatic carbocycles. The molecule has 0 aromatic heterocycles.